The molecule has 2 aromatic carbocycles. The fourth-order valence-corrected chi connectivity index (χ4v) is 5.76. The van der Waals surface area contributed by atoms with Gasteiger partial charge in [-0.25, -0.2) is 14.2 Å². The van der Waals surface area contributed by atoms with Crippen LogP contribution in [0.5, 0.6) is 5.75 Å². The number of aromatic nitrogens is 2. The molecule has 1 aromatic heterocycles. The number of benzene rings is 2. The minimum atomic E-state index is -4.59. The highest BCUT2D eigenvalue weighted by Gasteiger charge is 2.63. The van der Waals surface area contributed by atoms with E-state index in [0.29, 0.717) is 10.1 Å². The van der Waals surface area contributed by atoms with Gasteiger partial charge in [0.15, 0.2) is 0 Å². The zero-order valence-corrected chi connectivity index (χ0v) is 26.8. The first kappa shape index (κ1) is 35.5. The third-order valence-corrected chi connectivity index (χ3v) is 8.02. The number of ether oxygens (including phenoxy) is 4. The van der Waals surface area contributed by atoms with Crippen molar-refractivity contribution >= 4 is 25.7 Å². The third kappa shape index (κ3) is 9.58. The third-order valence-electron chi connectivity index (χ3n) is 6.37. The van der Waals surface area contributed by atoms with Crippen LogP contribution in [0.15, 0.2) is 77.7 Å². The minimum Gasteiger partial charge on any atom is -0.460 e. The van der Waals surface area contributed by atoms with E-state index in [0.717, 1.165) is 12.3 Å². The summed E-state index contributed by atoms with van der Waals surface area (Å²) in [6, 6.07) is 16.3. The molecule has 17 heteroatoms. The van der Waals surface area contributed by atoms with E-state index >= 15 is 8.78 Å². The minimum absolute atomic E-state index is 0.0461. The van der Waals surface area contributed by atoms with E-state index in [1.807, 2.05) is 0 Å². The van der Waals surface area contributed by atoms with Crippen LogP contribution in [0.25, 0.3) is 0 Å². The average Bonchev–Trinajstić information content (AvgIpc) is 3.23. The first-order chi connectivity index (χ1) is 22.1. The molecule has 47 heavy (non-hydrogen) atoms. The number of esters is 1. The van der Waals surface area contributed by atoms with E-state index in [-0.39, 0.29) is 18.2 Å². The van der Waals surface area contributed by atoms with Gasteiger partial charge in [-0.05, 0) is 51.5 Å². The second kappa shape index (κ2) is 14.6. The number of hydrogen-bond donors (Lipinski definition) is 2. The van der Waals surface area contributed by atoms with E-state index in [2.05, 4.69) is 10.1 Å². The van der Waals surface area contributed by atoms with Crippen molar-refractivity contribution in [3.63, 3.8) is 0 Å². The van der Waals surface area contributed by atoms with Gasteiger partial charge in [-0.1, -0.05) is 48.5 Å². The Balaban J connectivity index is 1.58. The molecule has 14 nitrogen and oxygen atoms in total. The second-order valence-corrected chi connectivity index (χ2v) is 13.1. The molecular formula is C30H35F2N4O10P. The van der Waals surface area contributed by atoms with Gasteiger partial charge in [0.1, 0.15) is 35.9 Å². The summed E-state index contributed by atoms with van der Waals surface area (Å²) in [5, 5.41) is 2.45. The lowest BCUT2D eigenvalue weighted by molar-refractivity contribution is -0.149. The molecule has 3 aromatic rings. The smallest absolute Gasteiger partial charge is 0.460 e. The zero-order valence-electron chi connectivity index (χ0n) is 25.9. The van der Waals surface area contributed by atoms with Gasteiger partial charge in [0.25, 0.3) is 0 Å². The van der Waals surface area contributed by atoms with Crippen molar-refractivity contribution in [3.8, 4) is 5.75 Å². The molecule has 0 bridgehead atoms. The van der Waals surface area contributed by atoms with E-state index in [9.17, 15) is 18.9 Å². The molecule has 0 saturated carbocycles. The lowest BCUT2D eigenvalue weighted by atomic mass is 10.1. The van der Waals surface area contributed by atoms with E-state index in [1.165, 1.54) is 39.8 Å². The summed E-state index contributed by atoms with van der Waals surface area (Å²) in [7, 11) is -4.59. The summed E-state index contributed by atoms with van der Waals surface area (Å²) in [6.07, 6.45) is -7.13. The van der Waals surface area contributed by atoms with E-state index in [4.69, 9.17) is 33.7 Å². The molecule has 3 N–H and O–H groups in total. The Labute approximate surface area is 268 Å². The number of carbonyl (C=O) groups is 2. The predicted molar refractivity (Wildman–Crippen MR) is 162 cm³/mol. The molecule has 5 atom stereocenters. The van der Waals surface area contributed by atoms with Crippen molar-refractivity contribution in [1.29, 1.82) is 0 Å². The van der Waals surface area contributed by atoms with Gasteiger partial charge in [0.2, 0.25) is 12.3 Å². The number of nitrogens with one attached hydrogen (secondary N) is 1. The summed E-state index contributed by atoms with van der Waals surface area (Å²) < 4.78 is 78.2. The van der Waals surface area contributed by atoms with Crippen LogP contribution in [0, 0.1) is 0 Å². The quantitative estimate of drug-likeness (QED) is 0.200. The first-order valence-electron chi connectivity index (χ1n) is 14.3. The standard InChI is InChI=1S/C30H35F2N4O10P/c1-19(25(37)41-17-20-11-7-5-8-12-20)35-47(40,46-21-13-9-6-10-14-21)42-18-22-24(44-28(39)45-29(2,3)4)30(31,32)26(43-22)36-16-15-23(33)34-27(36)38/h5-16,19,22,24,26H,17-18H2,1-4H3,(H,35,40)(H2,33,34,38)/t19-,22+,24?,26+,47?/m0/s1. The van der Waals surface area contributed by atoms with Crippen molar-refractivity contribution in [2.24, 2.45) is 0 Å². The highest BCUT2D eigenvalue weighted by Crippen LogP contribution is 2.49. The lowest BCUT2D eigenvalue weighted by Gasteiger charge is -2.27. The highest BCUT2D eigenvalue weighted by molar-refractivity contribution is 7.52. The molecule has 0 amide bonds. The van der Waals surface area contributed by atoms with Crippen molar-refractivity contribution < 1.29 is 50.9 Å². The van der Waals surface area contributed by atoms with Crippen LogP contribution in [0.3, 0.4) is 0 Å². The highest BCUT2D eigenvalue weighted by atomic mass is 31.2. The maximum atomic E-state index is 15.9. The largest absolute Gasteiger partial charge is 0.509 e. The van der Waals surface area contributed by atoms with Crippen LogP contribution in [-0.4, -0.2) is 58.1 Å². The van der Waals surface area contributed by atoms with Gasteiger partial charge >= 0.3 is 31.5 Å². The number of carbonyl (C=O) groups excluding carboxylic acids is 2. The number of nitrogen functional groups attached to an aromatic ring is 1. The topological polar surface area (TPSA) is 180 Å². The van der Waals surface area contributed by atoms with Gasteiger partial charge in [-0.15, -0.1) is 0 Å². The Morgan fingerprint density at radius 1 is 1.11 bits per heavy atom. The Morgan fingerprint density at radius 3 is 2.36 bits per heavy atom. The Bertz CT molecular complexity index is 1640. The summed E-state index contributed by atoms with van der Waals surface area (Å²) in [4.78, 5) is 41.2. The molecule has 2 heterocycles. The van der Waals surface area contributed by atoms with Gasteiger partial charge < -0.3 is 29.2 Å². The molecule has 1 saturated heterocycles. The molecule has 2 unspecified atom stereocenters. The molecular weight excluding hydrogens is 645 g/mol. The van der Waals surface area contributed by atoms with Crippen LogP contribution in [0.2, 0.25) is 0 Å². The molecule has 0 aliphatic carbocycles. The Kier molecular flexibility index (Phi) is 11.0. The number of nitrogens with two attached hydrogens (primary N) is 1. The molecule has 1 aliphatic rings. The summed E-state index contributed by atoms with van der Waals surface area (Å²) in [5.74, 6) is -5.07. The molecule has 4 rings (SSSR count). The second-order valence-electron chi connectivity index (χ2n) is 11.4. The van der Waals surface area contributed by atoms with Crippen LogP contribution in [0.1, 0.15) is 39.5 Å². The lowest BCUT2D eigenvalue weighted by Crippen LogP contribution is -2.45. The zero-order chi connectivity index (χ0) is 34.4. The number of para-hydroxylation sites is 1. The monoisotopic (exact) mass is 680 g/mol. The molecule has 0 spiro atoms. The first-order valence-corrected chi connectivity index (χ1v) is 15.9. The van der Waals surface area contributed by atoms with Crippen molar-refractivity contribution in [2.75, 3.05) is 12.3 Å². The fourth-order valence-electron chi connectivity index (χ4n) is 4.26. The summed E-state index contributed by atoms with van der Waals surface area (Å²) >= 11 is 0. The number of halogens is 2. The summed E-state index contributed by atoms with van der Waals surface area (Å²) in [6.45, 7) is 4.80. The maximum Gasteiger partial charge on any atom is 0.509 e. The van der Waals surface area contributed by atoms with Gasteiger partial charge in [-0.2, -0.15) is 18.9 Å². The Morgan fingerprint density at radius 2 is 1.74 bits per heavy atom. The van der Waals surface area contributed by atoms with E-state index < -0.39 is 68.2 Å². The van der Waals surface area contributed by atoms with Crippen molar-refractivity contribution in [2.45, 2.75) is 70.3 Å². The van der Waals surface area contributed by atoms with Crippen LogP contribution >= 0.6 is 7.75 Å². The van der Waals surface area contributed by atoms with Crippen LogP contribution in [0.4, 0.5) is 19.4 Å². The maximum absolute atomic E-state index is 15.9. The number of rotatable bonds is 12. The van der Waals surface area contributed by atoms with Gasteiger partial charge in [-0.3, -0.25) is 13.9 Å². The molecule has 0 radical (unpaired) electrons. The number of hydrogen-bond acceptors (Lipinski definition) is 12. The van der Waals surface area contributed by atoms with Crippen LogP contribution < -0.4 is 21.0 Å². The predicted octanol–water partition coefficient (Wildman–Crippen LogP) is 4.60. The number of alkyl halides is 2. The average molecular weight is 681 g/mol. The van der Waals surface area contributed by atoms with Crippen molar-refractivity contribution in [1.82, 2.24) is 14.6 Å². The summed E-state index contributed by atoms with van der Waals surface area (Å²) in [5.41, 5.74) is 3.92. The SMILES string of the molecule is C[C@H](NP(=O)(OC[C@H]1O[C@@H](n2ccc(N)nc2=O)C(F)(F)C1OC(=O)OC(C)(C)C)Oc1ccccc1)C(=O)OCc1ccccc1. The normalized spacial score (nSPS) is 20.9. The van der Waals surface area contributed by atoms with Crippen LogP contribution in [-0.2, 0) is 39.4 Å². The van der Waals surface area contributed by atoms with Gasteiger partial charge in [0, 0.05) is 6.20 Å². The number of anilines is 1. The number of nitrogens with zero attached hydrogens (tertiary/aromatic N) is 2. The molecule has 254 valence electrons. The van der Waals surface area contributed by atoms with Gasteiger partial charge in [0.05, 0.1) is 6.61 Å². The molecule has 1 fully saturated rings. The van der Waals surface area contributed by atoms with E-state index in [1.54, 1.807) is 48.5 Å². The fraction of sp³-hybridized carbons (Fsp3) is 0.400. The molecule has 1 aliphatic heterocycles. The Hall–Kier alpha value is -4.37. The van der Waals surface area contributed by atoms with Crippen molar-refractivity contribution in [3.05, 3.63) is 89.0 Å².